The summed E-state index contributed by atoms with van der Waals surface area (Å²) in [4.78, 5) is 28.9. The summed E-state index contributed by atoms with van der Waals surface area (Å²) >= 11 is 0. The minimum atomic E-state index is -0.390. The smallest absolute Gasteiger partial charge is 0.337 e. The van der Waals surface area contributed by atoms with Gasteiger partial charge in [-0.3, -0.25) is 0 Å². The molecule has 0 amide bonds. The molecule has 0 bridgehead atoms. The van der Waals surface area contributed by atoms with Crippen LogP contribution in [0.4, 0.5) is 11.9 Å². The van der Waals surface area contributed by atoms with E-state index in [1.807, 2.05) is 19.0 Å². The lowest BCUT2D eigenvalue weighted by atomic mass is 10.1. The second kappa shape index (κ2) is 7.99. The fourth-order valence-electron chi connectivity index (χ4n) is 2.70. The van der Waals surface area contributed by atoms with E-state index in [1.165, 1.54) is 13.5 Å². The molecule has 8 nitrogen and oxygen atoms in total. The molecule has 3 rings (SSSR count). The maximum absolute atomic E-state index is 11.5. The molecule has 1 aliphatic rings. The van der Waals surface area contributed by atoms with Crippen LogP contribution in [0, 0.1) is 0 Å². The standard InChI is InChI=1S/C18H23N5O3/c1-22(2)16-19-17(23-11-5-4-6-12-23)21-18(20-16)26-14-9-7-13(8-10-14)15(24)25-3/h7-10H,4-6,11-12H2,1-3H3. The van der Waals surface area contributed by atoms with E-state index in [9.17, 15) is 4.79 Å². The molecule has 1 aromatic heterocycles. The van der Waals surface area contributed by atoms with Gasteiger partial charge in [0.15, 0.2) is 0 Å². The highest BCUT2D eigenvalue weighted by atomic mass is 16.5. The molecule has 1 saturated heterocycles. The molecular weight excluding hydrogens is 334 g/mol. The van der Waals surface area contributed by atoms with Crippen molar-refractivity contribution in [2.24, 2.45) is 0 Å². The van der Waals surface area contributed by atoms with Gasteiger partial charge < -0.3 is 19.3 Å². The summed E-state index contributed by atoms with van der Waals surface area (Å²) in [6, 6.07) is 6.88. The van der Waals surface area contributed by atoms with E-state index in [4.69, 9.17) is 9.47 Å². The molecule has 2 heterocycles. The lowest BCUT2D eigenvalue weighted by molar-refractivity contribution is 0.0600. The van der Waals surface area contributed by atoms with Crippen molar-refractivity contribution in [3.63, 3.8) is 0 Å². The van der Waals surface area contributed by atoms with Gasteiger partial charge in [0.1, 0.15) is 5.75 Å². The average Bonchev–Trinajstić information content (AvgIpc) is 2.68. The van der Waals surface area contributed by atoms with Crippen molar-refractivity contribution in [3.8, 4) is 11.8 Å². The number of benzene rings is 1. The number of carbonyl (C=O) groups is 1. The van der Waals surface area contributed by atoms with Crippen LogP contribution in [-0.4, -0.2) is 55.2 Å². The van der Waals surface area contributed by atoms with E-state index in [0.29, 0.717) is 23.2 Å². The van der Waals surface area contributed by atoms with Gasteiger partial charge in [0.05, 0.1) is 12.7 Å². The van der Waals surface area contributed by atoms with E-state index >= 15 is 0 Å². The number of methoxy groups -OCH3 is 1. The van der Waals surface area contributed by atoms with Gasteiger partial charge in [-0.2, -0.15) is 15.0 Å². The van der Waals surface area contributed by atoms with Gasteiger partial charge in [-0.1, -0.05) is 0 Å². The number of aromatic nitrogens is 3. The van der Waals surface area contributed by atoms with E-state index in [2.05, 4.69) is 19.9 Å². The first-order valence-corrected chi connectivity index (χ1v) is 8.61. The lowest BCUT2D eigenvalue weighted by Gasteiger charge is -2.27. The summed E-state index contributed by atoms with van der Waals surface area (Å²) < 4.78 is 10.5. The molecule has 0 saturated carbocycles. The number of ether oxygens (including phenoxy) is 2. The minimum absolute atomic E-state index is 0.232. The molecule has 0 unspecified atom stereocenters. The average molecular weight is 357 g/mol. The predicted octanol–water partition coefficient (Wildman–Crippen LogP) is 2.51. The van der Waals surface area contributed by atoms with Gasteiger partial charge in [0.2, 0.25) is 11.9 Å². The van der Waals surface area contributed by atoms with Gasteiger partial charge in [-0.25, -0.2) is 4.79 Å². The number of esters is 1. The fourth-order valence-corrected chi connectivity index (χ4v) is 2.70. The van der Waals surface area contributed by atoms with Gasteiger partial charge in [0.25, 0.3) is 0 Å². The Balaban J connectivity index is 1.84. The number of piperidine rings is 1. The minimum Gasteiger partial charge on any atom is -0.465 e. The van der Waals surface area contributed by atoms with E-state index in [-0.39, 0.29) is 12.0 Å². The van der Waals surface area contributed by atoms with Crippen LogP contribution in [-0.2, 0) is 4.74 Å². The fraction of sp³-hybridized carbons (Fsp3) is 0.444. The van der Waals surface area contributed by atoms with Crippen molar-refractivity contribution >= 4 is 17.9 Å². The zero-order chi connectivity index (χ0) is 18.5. The molecule has 8 heteroatoms. The summed E-state index contributed by atoms with van der Waals surface area (Å²) in [5, 5.41) is 0. The molecule has 0 radical (unpaired) electrons. The van der Waals surface area contributed by atoms with Crippen molar-refractivity contribution in [1.29, 1.82) is 0 Å². The molecule has 0 aliphatic carbocycles. The lowest BCUT2D eigenvalue weighted by Crippen LogP contribution is -2.31. The Labute approximate surface area is 152 Å². The molecule has 2 aromatic rings. The van der Waals surface area contributed by atoms with E-state index < -0.39 is 0 Å². The first-order chi connectivity index (χ1) is 12.6. The Morgan fingerprint density at radius 2 is 1.73 bits per heavy atom. The summed E-state index contributed by atoms with van der Waals surface area (Å²) in [5.41, 5.74) is 0.457. The Kier molecular flexibility index (Phi) is 5.50. The topological polar surface area (TPSA) is 80.7 Å². The third-order valence-corrected chi connectivity index (χ3v) is 4.11. The first kappa shape index (κ1) is 17.9. The number of hydrogen-bond acceptors (Lipinski definition) is 8. The monoisotopic (exact) mass is 357 g/mol. The van der Waals surface area contributed by atoms with Crippen molar-refractivity contribution in [2.45, 2.75) is 19.3 Å². The van der Waals surface area contributed by atoms with E-state index in [1.54, 1.807) is 24.3 Å². The summed E-state index contributed by atoms with van der Waals surface area (Å²) in [5.74, 6) is 1.32. The van der Waals surface area contributed by atoms with Crippen LogP contribution in [0.2, 0.25) is 0 Å². The number of rotatable bonds is 5. The highest BCUT2D eigenvalue weighted by Crippen LogP contribution is 2.24. The number of nitrogens with zero attached hydrogens (tertiary/aromatic N) is 5. The second-order valence-corrected chi connectivity index (χ2v) is 6.28. The normalized spacial score (nSPS) is 14.0. The van der Waals surface area contributed by atoms with Crippen LogP contribution >= 0.6 is 0 Å². The van der Waals surface area contributed by atoms with Crippen LogP contribution < -0.4 is 14.5 Å². The van der Waals surface area contributed by atoms with Gasteiger partial charge in [-0.15, -0.1) is 0 Å². The molecular formula is C18H23N5O3. The number of carbonyl (C=O) groups excluding carboxylic acids is 1. The SMILES string of the molecule is COC(=O)c1ccc(Oc2nc(N(C)C)nc(N3CCCCC3)n2)cc1. The molecule has 0 N–H and O–H groups in total. The zero-order valence-corrected chi connectivity index (χ0v) is 15.3. The highest BCUT2D eigenvalue weighted by Gasteiger charge is 2.18. The molecule has 0 atom stereocenters. The van der Waals surface area contributed by atoms with Crippen molar-refractivity contribution in [2.75, 3.05) is 44.1 Å². The molecule has 1 aromatic carbocycles. The number of anilines is 2. The maximum atomic E-state index is 11.5. The van der Waals surface area contributed by atoms with Crippen LogP contribution in [0.25, 0.3) is 0 Å². The zero-order valence-electron chi connectivity index (χ0n) is 15.3. The third kappa shape index (κ3) is 4.19. The summed E-state index contributed by atoms with van der Waals surface area (Å²) in [6.45, 7) is 1.87. The van der Waals surface area contributed by atoms with Crippen LogP contribution in [0.15, 0.2) is 24.3 Å². The van der Waals surface area contributed by atoms with Crippen LogP contribution in [0.5, 0.6) is 11.8 Å². The Morgan fingerprint density at radius 1 is 1.04 bits per heavy atom. The Morgan fingerprint density at radius 3 is 2.35 bits per heavy atom. The first-order valence-electron chi connectivity index (χ1n) is 8.61. The maximum Gasteiger partial charge on any atom is 0.337 e. The predicted molar refractivity (Wildman–Crippen MR) is 98.1 cm³/mol. The molecule has 26 heavy (non-hydrogen) atoms. The molecule has 0 spiro atoms. The van der Waals surface area contributed by atoms with Crippen LogP contribution in [0.1, 0.15) is 29.6 Å². The van der Waals surface area contributed by atoms with Gasteiger partial charge >= 0.3 is 12.0 Å². The number of hydrogen-bond donors (Lipinski definition) is 0. The van der Waals surface area contributed by atoms with Crippen molar-refractivity contribution in [1.82, 2.24) is 15.0 Å². The largest absolute Gasteiger partial charge is 0.465 e. The van der Waals surface area contributed by atoms with Crippen LogP contribution in [0.3, 0.4) is 0 Å². The highest BCUT2D eigenvalue weighted by molar-refractivity contribution is 5.89. The van der Waals surface area contributed by atoms with Crippen molar-refractivity contribution in [3.05, 3.63) is 29.8 Å². The molecule has 1 fully saturated rings. The van der Waals surface area contributed by atoms with E-state index in [0.717, 1.165) is 25.9 Å². The Bertz CT molecular complexity index is 758. The third-order valence-electron chi connectivity index (χ3n) is 4.11. The second-order valence-electron chi connectivity index (χ2n) is 6.28. The summed E-state index contributed by atoms with van der Waals surface area (Å²) in [7, 11) is 5.11. The van der Waals surface area contributed by atoms with Crippen molar-refractivity contribution < 1.29 is 14.3 Å². The molecule has 1 aliphatic heterocycles. The van der Waals surface area contributed by atoms with Gasteiger partial charge in [-0.05, 0) is 43.5 Å². The summed E-state index contributed by atoms with van der Waals surface area (Å²) in [6.07, 6.45) is 3.50. The molecule has 138 valence electrons. The van der Waals surface area contributed by atoms with Gasteiger partial charge in [0, 0.05) is 27.2 Å². The quantitative estimate of drug-likeness (QED) is 0.755. The Hall–Kier alpha value is -2.90.